The van der Waals surface area contributed by atoms with Crippen LogP contribution in [-0.4, -0.2) is 26.3 Å². The third-order valence-corrected chi connectivity index (χ3v) is 0.744. The van der Waals surface area contributed by atoms with Crippen LogP contribution in [0.15, 0.2) is 15.5 Å². The fraction of sp³-hybridized carbons (Fsp3) is 1.00. The highest BCUT2D eigenvalue weighted by Gasteiger charge is 1.85. The Bertz CT molecular complexity index is 105. The lowest BCUT2D eigenvalue weighted by Gasteiger charge is -1.94. The highest BCUT2D eigenvalue weighted by atomic mass is 16.5. The minimum Gasteiger partial charge on any atom is -0.377 e. The zero-order valence-corrected chi connectivity index (χ0v) is 5.56. The molecule has 0 aliphatic heterocycles. The summed E-state index contributed by atoms with van der Waals surface area (Å²) in [5.41, 5.74) is 0. The van der Waals surface area contributed by atoms with Gasteiger partial charge in [-0.2, -0.15) is 10.0 Å². The number of nitrogens with two attached hydrogens (primary N) is 1. The quantitative estimate of drug-likeness (QED) is 0.189. The van der Waals surface area contributed by atoms with E-state index in [0.29, 0.717) is 19.8 Å². The van der Waals surface area contributed by atoms with Gasteiger partial charge in [0, 0.05) is 0 Å². The van der Waals surface area contributed by atoms with Crippen molar-refractivity contribution in [1.29, 1.82) is 0 Å². The molecule has 0 rings (SSSR count). The van der Waals surface area contributed by atoms with E-state index >= 15 is 0 Å². The van der Waals surface area contributed by atoms with Crippen molar-refractivity contribution in [3.63, 3.8) is 0 Å². The molecule has 0 saturated heterocycles. The maximum absolute atomic E-state index is 9.50. The van der Waals surface area contributed by atoms with Gasteiger partial charge in [0.15, 0.2) is 0 Å². The van der Waals surface area contributed by atoms with Gasteiger partial charge in [0.05, 0.1) is 19.8 Å². The monoisotopic (exact) mass is 146 g/mol. The van der Waals surface area contributed by atoms with Gasteiger partial charge in [0.2, 0.25) is 0 Å². The Labute approximate surface area is 58.4 Å². The first-order chi connectivity index (χ1) is 4.91. The van der Waals surface area contributed by atoms with Crippen molar-refractivity contribution in [2.24, 2.45) is 21.4 Å². The Kier molecular flexibility index (Phi) is 7.13. The van der Waals surface area contributed by atoms with Crippen LogP contribution in [-0.2, 0) is 4.74 Å². The molecule has 0 atom stereocenters. The topological polar surface area (TPSA) is 89.4 Å². The van der Waals surface area contributed by atoms with Crippen molar-refractivity contribution in [2.75, 3.05) is 26.3 Å². The van der Waals surface area contributed by atoms with Crippen LogP contribution in [0.5, 0.6) is 0 Å². The van der Waals surface area contributed by atoms with Gasteiger partial charge >= 0.3 is 0 Å². The Morgan fingerprint density at radius 3 is 2.60 bits per heavy atom. The van der Waals surface area contributed by atoms with Crippen LogP contribution in [0.1, 0.15) is 0 Å². The SMILES string of the molecule is NN=NCCOCCN=O. The molecular weight excluding hydrogens is 136 g/mol. The van der Waals surface area contributed by atoms with Gasteiger partial charge in [0.1, 0.15) is 6.54 Å². The largest absolute Gasteiger partial charge is 0.377 e. The zero-order chi connectivity index (χ0) is 7.66. The molecule has 0 aromatic heterocycles. The van der Waals surface area contributed by atoms with Crippen LogP contribution in [0.25, 0.3) is 0 Å². The maximum atomic E-state index is 9.50. The molecular formula is C4H10N4O2. The molecule has 0 aliphatic carbocycles. The molecule has 0 amide bonds. The highest BCUT2D eigenvalue weighted by molar-refractivity contribution is 4.39. The van der Waals surface area contributed by atoms with E-state index in [9.17, 15) is 4.91 Å². The molecule has 6 nitrogen and oxygen atoms in total. The normalized spacial score (nSPS) is 10.4. The first kappa shape index (κ1) is 8.96. The minimum atomic E-state index is 0.180. The maximum Gasteiger partial charge on any atom is 0.104 e. The van der Waals surface area contributed by atoms with Gasteiger partial charge in [-0.25, -0.2) is 0 Å². The lowest BCUT2D eigenvalue weighted by atomic mass is 10.7. The van der Waals surface area contributed by atoms with Crippen LogP contribution in [0.4, 0.5) is 0 Å². The van der Waals surface area contributed by atoms with E-state index in [1.807, 2.05) is 0 Å². The number of hydrogen-bond donors (Lipinski definition) is 1. The van der Waals surface area contributed by atoms with Crippen molar-refractivity contribution in [3.05, 3.63) is 4.91 Å². The zero-order valence-electron chi connectivity index (χ0n) is 5.56. The molecule has 0 aromatic rings. The van der Waals surface area contributed by atoms with E-state index in [1.165, 1.54) is 0 Å². The molecule has 0 aromatic carbocycles. The molecule has 10 heavy (non-hydrogen) atoms. The summed E-state index contributed by atoms with van der Waals surface area (Å²) in [5.74, 6) is 4.70. The molecule has 0 spiro atoms. The van der Waals surface area contributed by atoms with Crippen LogP contribution in [0.2, 0.25) is 0 Å². The van der Waals surface area contributed by atoms with Crippen molar-refractivity contribution < 1.29 is 4.74 Å². The number of hydrogen-bond acceptors (Lipinski definition) is 5. The molecule has 0 radical (unpaired) electrons. The summed E-state index contributed by atoms with van der Waals surface area (Å²) in [6, 6.07) is 0. The standard InChI is InChI=1S/C4H10N4O2/c5-8-6-1-3-10-4-2-7-9/h1-4H2,(H2,5,6). The molecule has 0 unspecified atom stereocenters. The second-order valence-corrected chi connectivity index (χ2v) is 1.45. The van der Waals surface area contributed by atoms with Crippen LogP contribution < -0.4 is 5.84 Å². The second-order valence-electron chi connectivity index (χ2n) is 1.45. The van der Waals surface area contributed by atoms with E-state index in [2.05, 4.69) is 15.5 Å². The van der Waals surface area contributed by atoms with E-state index in [0.717, 1.165) is 0 Å². The van der Waals surface area contributed by atoms with Gasteiger partial charge in [-0.3, -0.25) is 0 Å². The van der Waals surface area contributed by atoms with Gasteiger partial charge in [0.25, 0.3) is 0 Å². The van der Waals surface area contributed by atoms with Crippen molar-refractivity contribution in [2.45, 2.75) is 0 Å². The summed E-state index contributed by atoms with van der Waals surface area (Å²) in [6.45, 7) is 1.37. The highest BCUT2D eigenvalue weighted by Crippen LogP contribution is 1.77. The summed E-state index contributed by atoms with van der Waals surface area (Å²) >= 11 is 0. The number of nitroso groups, excluding NO2 is 1. The van der Waals surface area contributed by atoms with E-state index in [-0.39, 0.29) is 6.54 Å². The molecule has 58 valence electrons. The first-order valence-corrected chi connectivity index (χ1v) is 2.85. The lowest BCUT2D eigenvalue weighted by molar-refractivity contribution is 0.148. The second kappa shape index (κ2) is 7.96. The summed E-state index contributed by atoms with van der Waals surface area (Å²) in [6.07, 6.45) is 0. The average Bonchev–Trinajstić information content (AvgIpc) is 1.97. The number of rotatable bonds is 6. The molecule has 0 heterocycles. The van der Waals surface area contributed by atoms with E-state index in [1.54, 1.807) is 0 Å². The third-order valence-electron chi connectivity index (χ3n) is 0.744. The minimum absolute atomic E-state index is 0.180. The molecule has 0 fully saturated rings. The number of nitrogens with zero attached hydrogens (tertiary/aromatic N) is 3. The van der Waals surface area contributed by atoms with Crippen molar-refractivity contribution in [1.82, 2.24) is 0 Å². The summed E-state index contributed by atoms with van der Waals surface area (Å²) in [7, 11) is 0. The molecule has 0 saturated carbocycles. The van der Waals surface area contributed by atoms with Crippen LogP contribution in [0.3, 0.4) is 0 Å². The summed E-state index contributed by atoms with van der Waals surface area (Å²) in [4.78, 5) is 9.50. The molecule has 0 bridgehead atoms. The predicted molar refractivity (Wildman–Crippen MR) is 35.4 cm³/mol. The van der Waals surface area contributed by atoms with Gasteiger partial charge in [-0.05, 0) is 0 Å². The Morgan fingerprint density at radius 2 is 2.00 bits per heavy atom. The summed E-state index contributed by atoms with van der Waals surface area (Å²) in [5, 5.41) is 9.05. The lowest BCUT2D eigenvalue weighted by Crippen LogP contribution is -2.01. The molecule has 0 aliphatic rings. The Balaban J connectivity index is 2.83. The Morgan fingerprint density at radius 1 is 1.30 bits per heavy atom. The third kappa shape index (κ3) is 6.96. The van der Waals surface area contributed by atoms with Gasteiger partial charge < -0.3 is 10.6 Å². The number of ether oxygens (including phenoxy) is 1. The molecule has 2 N–H and O–H groups in total. The molecule has 6 heteroatoms. The fourth-order valence-electron chi connectivity index (χ4n) is 0.367. The Hall–Kier alpha value is -1.04. The first-order valence-electron chi connectivity index (χ1n) is 2.85. The van der Waals surface area contributed by atoms with Crippen molar-refractivity contribution in [3.8, 4) is 0 Å². The van der Waals surface area contributed by atoms with E-state index in [4.69, 9.17) is 10.6 Å². The smallest absolute Gasteiger partial charge is 0.104 e. The van der Waals surface area contributed by atoms with Crippen LogP contribution >= 0.6 is 0 Å². The predicted octanol–water partition coefficient (Wildman–Crippen LogP) is 0.0953. The summed E-state index contributed by atoms with van der Waals surface area (Å²) < 4.78 is 4.87. The average molecular weight is 146 g/mol. The van der Waals surface area contributed by atoms with Gasteiger partial charge in [-0.15, -0.1) is 0 Å². The van der Waals surface area contributed by atoms with Crippen molar-refractivity contribution >= 4 is 0 Å². The fourth-order valence-corrected chi connectivity index (χ4v) is 0.367. The van der Waals surface area contributed by atoms with Crippen LogP contribution in [0, 0.1) is 4.91 Å². The van der Waals surface area contributed by atoms with E-state index < -0.39 is 0 Å². The van der Waals surface area contributed by atoms with Gasteiger partial charge in [-0.1, -0.05) is 10.4 Å².